The molecule has 0 spiro atoms. The lowest BCUT2D eigenvalue weighted by molar-refractivity contribution is 0.365. The molecule has 3 N–H and O–H groups in total. The third-order valence-corrected chi connectivity index (χ3v) is 3.40. The molecule has 0 amide bonds. The monoisotopic (exact) mass is 205 g/mol. The van der Waals surface area contributed by atoms with Crippen LogP contribution in [0.2, 0.25) is 0 Å². The van der Waals surface area contributed by atoms with Gasteiger partial charge in [0, 0.05) is 6.20 Å². The van der Waals surface area contributed by atoms with Crippen LogP contribution in [0.15, 0.2) is 18.3 Å². The average Bonchev–Trinajstić information content (AvgIpc) is 2.75. The first-order valence-electron chi connectivity index (χ1n) is 5.70. The first kappa shape index (κ1) is 10.6. The Morgan fingerprint density at radius 1 is 1.47 bits per heavy atom. The Kier molecular flexibility index (Phi) is 3.34. The topological polar surface area (TPSA) is 50.9 Å². The van der Waals surface area contributed by atoms with Crippen LogP contribution in [0.25, 0.3) is 0 Å². The van der Waals surface area contributed by atoms with E-state index in [-0.39, 0.29) is 6.04 Å². The van der Waals surface area contributed by atoms with Crippen molar-refractivity contribution in [2.75, 3.05) is 0 Å². The van der Waals surface area contributed by atoms with Gasteiger partial charge in [-0.2, -0.15) is 0 Å². The van der Waals surface area contributed by atoms with Gasteiger partial charge >= 0.3 is 0 Å². The van der Waals surface area contributed by atoms with E-state index in [2.05, 4.69) is 23.4 Å². The van der Waals surface area contributed by atoms with Gasteiger partial charge in [0.25, 0.3) is 0 Å². The quantitative estimate of drug-likeness (QED) is 0.587. The number of nitrogens with one attached hydrogen (secondary N) is 1. The second-order valence-corrected chi connectivity index (χ2v) is 4.39. The summed E-state index contributed by atoms with van der Waals surface area (Å²) in [4.78, 5) is 4.45. The largest absolute Gasteiger partial charge is 0.271 e. The first-order valence-corrected chi connectivity index (χ1v) is 5.70. The summed E-state index contributed by atoms with van der Waals surface area (Å²) in [6, 6.07) is 4.30. The maximum atomic E-state index is 5.66. The van der Waals surface area contributed by atoms with Gasteiger partial charge in [-0.3, -0.25) is 16.3 Å². The maximum absolute atomic E-state index is 5.66. The lowest BCUT2D eigenvalue weighted by Crippen LogP contribution is -2.33. The Labute approximate surface area is 91.1 Å². The lowest BCUT2D eigenvalue weighted by Gasteiger charge is -2.23. The van der Waals surface area contributed by atoms with Gasteiger partial charge in [0.2, 0.25) is 0 Å². The molecule has 0 aliphatic heterocycles. The van der Waals surface area contributed by atoms with Crippen LogP contribution in [-0.2, 0) is 0 Å². The molecule has 1 aliphatic carbocycles. The van der Waals surface area contributed by atoms with Crippen LogP contribution >= 0.6 is 0 Å². The smallest absolute Gasteiger partial charge is 0.0662 e. The second-order valence-electron chi connectivity index (χ2n) is 4.39. The lowest BCUT2D eigenvalue weighted by atomic mass is 9.93. The minimum absolute atomic E-state index is 0.230. The standard InChI is InChI=1S/C12H19N3/c1-9-5-4-8-14-11(9)12(15-13)10-6-2-3-7-10/h4-5,8,10,12,15H,2-3,6-7,13H2,1H3. The molecule has 1 aromatic rings. The molecular weight excluding hydrogens is 186 g/mol. The Balaban J connectivity index is 2.22. The van der Waals surface area contributed by atoms with Crippen molar-refractivity contribution in [3.05, 3.63) is 29.6 Å². The summed E-state index contributed by atoms with van der Waals surface area (Å²) in [5.74, 6) is 6.32. The number of rotatable bonds is 3. The van der Waals surface area contributed by atoms with Crippen molar-refractivity contribution < 1.29 is 0 Å². The van der Waals surface area contributed by atoms with E-state index < -0.39 is 0 Å². The molecule has 0 bridgehead atoms. The predicted octanol–water partition coefficient (Wildman–Crippen LogP) is 2.08. The van der Waals surface area contributed by atoms with E-state index >= 15 is 0 Å². The molecule has 3 heteroatoms. The highest BCUT2D eigenvalue weighted by Gasteiger charge is 2.27. The zero-order chi connectivity index (χ0) is 10.7. The van der Waals surface area contributed by atoms with Crippen LogP contribution in [0.5, 0.6) is 0 Å². The van der Waals surface area contributed by atoms with E-state index in [1.165, 1.54) is 31.2 Å². The summed E-state index contributed by atoms with van der Waals surface area (Å²) in [6.07, 6.45) is 7.04. The highest BCUT2D eigenvalue weighted by atomic mass is 15.2. The molecule has 2 rings (SSSR count). The second kappa shape index (κ2) is 4.73. The number of hydrazine groups is 1. The van der Waals surface area contributed by atoms with Crippen molar-refractivity contribution in [1.29, 1.82) is 0 Å². The van der Waals surface area contributed by atoms with Crippen molar-refractivity contribution >= 4 is 0 Å². The molecule has 1 aromatic heterocycles. The van der Waals surface area contributed by atoms with Gasteiger partial charge in [-0.05, 0) is 37.3 Å². The van der Waals surface area contributed by atoms with Crippen LogP contribution in [0, 0.1) is 12.8 Å². The van der Waals surface area contributed by atoms with Crippen LogP contribution in [0.4, 0.5) is 0 Å². The number of aromatic nitrogens is 1. The van der Waals surface area contributed by atoms with Gasteiger partial charge in [0.1, 0.15) is 0 Å². The van der Waals surface area contributed by atoms with Gasteiger partial charge in [0.05, 0.1) is 11.7 Å². The van der Waals surface area contributed by atoms with E-state index in [4.69, 9.17) is 5.84 Å². The van der Waals surface area contributed by atoms with E-state index in [1.54, 1.807) is 0 Å². The predicted molar refractivity (Wildman–Crippen MR) is 61.0 cm³/mol. The van der Waals surface area contributed by atoms with Gasteiger partial charge in [-0.15, -0.1) is 0 Å². The molecule has 1 unspecified atom stereocenters. The molecule has 1 aliphatic rings. The molecular formula is C12H19N3. The molecule has 1 heterocycles. The number of hydrogen-bond acceptors (Lipinski definition) is 3. The fourth-order valence-electron chi connectivity index (χ4n) is 2.55. The van der Waals surface area contributed by atoms with Gasteiger partial charge in [0.15, 0.2) is 0 Å². The van der Waals surface area contributed by atoms with Crippen molar-refractivity contribution in [2.24, 2.45) is 11.8 Å². The summed E-state index contributed by atoms with van der Waals surface area (Å²) in [7, 11) is 0. The third-order valence-electron chi connectivity index (χ3n) is 3.40. The third kappa shape index (κ3) is 2.19. The van der Waals surface area contributed by atoms with Crippen molar-refractivity contribution in [2.45, 2.75) is 38.6 Å². The maximum Gasteiger partial charge on any atom is 0.0662 e. The van der Waals surface area contributed by atoms with Crippen LogP contribution in [-0.4, -0.2) is 4.98 Å². The number of nitrogens with two attached hydrogens (primary N) is 1. The van der Waals surface area contributed by atoms with Gasteiger partial charge in [-0.25, -0.2) is 0 Å². The highest BCUT2D eigenvalue weighted by Crippen LogP contribution is 2.35. The van der Waals surface area contributed by atoms with Gasteiger partial charge < -0.3 is 0 Å². The molecule has 15 heavy (non-hydrogen) atoms. The number of nitrogens with zero attached hydrogens (tertiary/aromatic N) is 1. The van der Waals surface area contributed by atoms with Crippen molar-refractivity contribution in [3.63, 3.8) is 0 Å². The normalized spacial score (nSPS) is 19.3. The zero-order valence-corrected chi connectivity index (χ0v) is 9.24. The molecule has 1 saturated carbocycles. The fourth-order valence-corrected chi connectivity index (χ4v) is 2.55. The van der Waals surface area contributed by atoms with E-state index in [1.807, 2.05) is 12.3 Å². The summed E-state index contributed by atoms with van der Waals surface area (Å²) in [6.45, 7) is 2.10. The van der Waals surface area contributed by atoms with Crippen LogP contribution < -0.4 is 11.3 Å². The van der Waals surface area contributed by atoms with E-state index in [9.17, 15) is 0 Å². The molecule has 3 nitrogen and oxygen atoms in total. The Hall–Kier alpha value is -0.930. The molecule has 0 saturated heterocycles. The minimum atomic E-state index is 0.230. The van der Waals surface area contributed by atoms with E-state index in [0.29, 0.717) is 5.92 Å². The summed E-state index contributed by atoms with van der Waals surface area (Å²) in [5.41, 5.74) is 5.29. The molecule has 0 aromatic carbocycles. The molecule has 82 valence electrons. The summed E-state index contributed by atoms with van der Waals surface area (Å²) >= 11 is 0. The SMILES string of the molecule is Cc1cccnc1C(NN)C1CCCC1. The van der Waals surface area contributed by atoms with Gasteiger partial charge in [-0.1, -0.05) is 18.9 Å². The summed E-state index contributed by atoms with van der Waals surface area (Å²) < 4.78 is 0. The molecule has 1 fully saturated rings. The minimum Gasteiger partial charge on any atom is -0.271 e. The zero-order valence-electron chi connectivity index (χ0n) is 9.24. The molecule has 1 atom stereocenters. The van der Waals surface area contributed by atoms with E-state index in [0.717, 1.165) is 5.69 Å². The van der Waals surface area contributed by atoms with Crippen molar-refractivity contribution in [1.82, 2.24) is 10.4 Å². The Morgan fingerprint density at radius 2 is 2.20 bits per heavy atom. The fraction of sp³-hybridized carbons (Fsp3) is 0.583. The average molecular weight is 205 g/mol. The summed E-state index contributed by atoms with van der Waals surface area (Å²) in [5, 5.41) is 0. The Morgan fingerprint density at radius 3 is 2.80 bits per heavy atom. The number of pyridine rings is 1. The molecule has 0 radical (unpaired) electrons. The van der Waals surface area contributed by atoms with Crippen LogP contribution in [0.3, 0.4) is 0 Å². The Bertz CT molecular complexity index is 318. The van der Waals surface area contributed by atoms with Crippen LogP contribution in [0.1, 0.15) is 43.0 Å². The number of aryl methyl sites for hydroxylation is 1. The number of hydrogen-bond donors (Lipinski definition) is 2. The highest BCUT2D eigenvalue weighted by molar-refractivity contribution is 5.21. The van der Waals surface area contributed by atoms with Crippen molar-refractivity contribution in [3.8, 4) is 0 Å². The first-order chi connectivity index (χ1) is 7.33.